The lowest BCUT2D eigenvalue weighted by molar-refractivity contribution is 0.958. The standard InChI is InChI=1S/C12H16BrN5S/c1-3-4-14-11-10(13)12(17-7-16-11)15-5-9-6-19-8(2)18-9/h6-7H,3-5H2,1-2H3,(H2,14,15,16,17). The van der Waals surface area contributed by atoms with E-state index in [-0.39, 0.29) is 0 Å². The van der Waals surface area contributed by atoms with Crippen LogP contribution in [0, 0.1) is 6.92 Å². The van der Waals surface area contributed by atoms with Crippen LogP contribution in [0.5, 0.6) is 0 Å². The van der Waals surface area contributed by atoms with Gasteiger partial charge in [0.25, 0.3) is 0 Å². The number of anilines is 2. The lowest BCUT2D eigenvalue weighted by atomic mass is 10.4. The van der Waals surface area contributed by atoms with E-state index in [1.54, 1.807) is 17.7 Å². The Bertz CT molecular complexity index is 543. The minimum atomic E-state index is 0.660. The minimum Gasteiger partial charge on any atom is -0.369 e. The molecular weight excluding hydrogens is 326 g/mol. The Morgan fingerprint density at radius 3 is 2.63 bits per heavy atom. The molecule has 19 heavy (non-hydrogen) atoms. The van der Waals surface area contributed by atoms with Gasteiger partial charge in [-0.3, -0.25) is 0 Å². The monoisotopic (exact) mass is 341 g/mol. The average Bonchev–Trinajstić information content (AvgIpc) is 2.82. The molecule has 0 aromatic carbocycles. The molecule has 0 spiro atoms. The van der Waals surface area contributed by atoms with Crippen molar-refractivity contribution in [3.8, 4) is 0 Å². The fourth-order valence-corrected chi connectivity index (χ4v) is 2.62. The maximum atomic E-state index is 4.41. The average molecular weight is 342 g/mol. The normalized spacial score (nSPS) is 10.5. The van der Waals surface area contributed by atoms with Crippen molar-refractivity contribution in [1.82, 2.24) is 15.0 Å². The van der Waals surface area contributed by atoms with Crippen molar-refractivity contribution in [3.63, 3.8) is 0 Å². The molecule has 0 fully saturated rings. The third-order valence-electron chi connectivity index (χ3n) is 2.44. The van der Waals surface area contributed by atoms with E-state index >= 15 is 0 Å². The van der Waals surface area contributed by atoms with Crippen LogP contribution in [-0.4, -0.2) is 21.5 Å². The molecule has 102 valence electrons. The number of hydrogen-bond donors (Lipinski definition) is 2. The van der Waals surface area contributed by atoms with Gasteiger partial charge in [0.05, 0.1) is 17.2 Å². The molecule has 0 unspecified atom stereocenters. The number of aryl methyl sites for hydroxylation is 1. The highest BCUT2D eigenvalue weighted by Gasteiger charge is 2.08. The molecule has 5 nitrogen and oxygen atoms in total. The molecule has 0 atom stereocenters. The Kier molecular flexibility index (Phi) is 5.09. The second kappa shape index (κ2) is 6.81. The number of thiazole rings is 1. The molecule has 2 heterocycles. The van der Waals surface area contributed by atoms with Gasteiger partial charge in [-0.05, 0) is 29.3 Å². The summed E-state index contributed by atoms with van der Waals surface area (Å²) in [7, 11) is 0. The Morgan fingerprint density at radius 1 is 1.26 bits per heavy atom. The maximum absolute atomic E-state index is 4.41. The minimum absolute atomic E-state index is 0.660. The quantitative estimate of drug-likeness (QED) is 0.842. The summed E-state index contributed by atoms with van der Waals surface area (Å²) in [6.07, 6.45) is 2.61. The van der Waals surface area contributed by atoms with Crippen molar-refractivity contribution >= 4 is 38.9 Å². The highest BCUT2D eigenvalue weighted by Crippen LogP contribution is 2.26. The largest absolute Gasteiger partial charge is 0.369 e. The molecular formula is C12H16BrN5S. The molecule has 0 radical (unpaired) electrons. The molecule has 2 N–H and O–H groups in total. The molecule has 2 aromatic rings. The van der Waals surface area contributed by atoms with Crippen LogP contribution >= 0.6 is 27.3 Å². The number of nitrogens with zero attached hydrogens (tertiary/aromatic N) is 3. The van der Waals surface area contributed by atoms with Gasteiger partial charge in [0.2, 0.25) is 0 Å². The summed E-state index contributed by atoms with van der Waals surface area (Å²) in [6.45, 7) is 5.67. The summed E-state index contributed by atoms with van der Waals surface area (Å²) in [5, 5.41) is 9.64. The van der Waals surface area contributed by atoms with Gasteiger partial charge < -0.3 is 10.6 Å². The first-order chi connectivity index (χ1) is 9.20. The molecule has 0 saturated carbocycles. The second-order valence-electron chi connectivity index (χ2n) is 4.02. The van der Waals surface area contributed by atoms with Gasteiger partial charge >= 0.3 is 0 Å². The number of nitrogens with one attached hydrogen (secondary N) is 2. The molecule has 0 bridgehead atoms. The number of halogens is 1. The first-order valence-corrected chi connectivity index (χ1v) is 7.77. The molecule has 2 aromatic heterocycles. The molecule has 0 aliphatic carbocycles. The summed E-state index contributed by atoms with van der Waals surface area (Å²) >= 11 is 5.17. The van der Waals surface area contributed by atoms with Crippen molar-refractivity contribution in [2.45, 2.75) is 26.8 Å². The second-order valence-corrected chi connectivity index (χ2v) is 5.88. The molecule has 0 aliphatic rings. The van der Waals surface area contributed by atoms with Gasteiger partial charge in [-0.25, -0.2) is 15.0 Å². The van der Waals surface area contributed by atoms with E-state index in [9.17, 15) is 0 Å². The third kappa shape index (κ3) is 3.87. The zero-order chi connectivity index (χ0) is 13.7. The van der Waals surface area contributed by atoms with Gasteiger partial charge in [0, 0.05) is 11.9 Å². The number of rotatable bonds is 6. The van der Waals surface area contributed by atoms with E-state index in [2.05, 4.69) is 48.4 Å². The van der Waals surface area contributed by atoms with Crippen LogP contribution in [0.4, 0.5) is 11.6 Å². The molecule has 2 rings (SSSR count). The predicted molar refractivity (Wildman–Crippen MR) is 82.7 cm³/mol. The summed E-state index contributed by atoms with van der Waals surface area (Å²) in [5.41, 5.74) is 1.02. The van der Waals surface area contributed by atoms with Crippen molar-refractivity contribution in [1.29, 1.82) is 0 Å². The van der Waals surface area contributed by atoms with E-state index < -0.39 is 0 Å². The van der Waals surface area contributed by atoms with Crippen molar-refractivity contribution < 1.29 is 0 Å². The molecule has 0 saturated heterocycles. The summed E-state index contributed by atoms with van der Waals surface area (Å²) in [5.74, 6) is 1.59. The van der Waals surface area contributed by atoms with Gasteiger partial charge in [0.1, 0.15) is 22.4 Å². The smallest absolute Gasteiger partial charge is 0.146 e. The Balaban J connectivity index is 2.03. The van der Waals surface area contributed by atoms with Crippen LogP contribution in [0.25, 0.3) is 0 Å². The molecule has 7 heteroatoms. The first-order valence-electron chi connectivity index (χ1n) is 6.10. The predicted octanol–water partition coefficient (Wildman–Crippen LogP) is 3.44. The topological polar surface area (TPSA) is 62.7 Å². The van der Waals surface area contributed by atoms with Crippen molar-refractivity contribution in [2.24, 2.45) is 0 Å². The van der Waals surface area contributed by atoms with E-state index in [1.807, 2.05) is 12.3 Å². The zero-order valence-electron chi connectivity index (χ0n) is 10.9. The Morgan fingerprint density at radius 2 is 2.00 bits per heavy atom. The summed E-state index contributed by atoms with van der Waals surface area (Å²) in [6, 6.07) is 0. The lowest BCUT2D eigenvalue weighted by Gasteiger charge is -2.10. The van der Waals surface area contributed by atoms with Gasteiger partial charge in [-0.2, -0.15) is 0 Å². The summed E-state index contributed by atoms with van der Waals surface area (Å²) < 4.78 is 0.857. The first kappa shape index (κ1) is 14.2. The SMILES string of the molecule is CCCNc1ncnc(NCc2csc(C)n2)c1Br. The van der Waals surface area contributed by atoms with Crippen LogP contribution in [-0.2, 0) is 6.54 Å². The highest BCUT2D eigenvalue weighted by atomic mass is 79.9. The lowest BCUT2D eigenvalue weighted by Crippen LogP contribution is -2.07. The number of hydrogen-bond acceptors (Lipinski definition) is 6. The van der Waals surface area contributed by atoms with Crippen LogP contribution in [0.3, 0.4) is 0 Å². The van der Waals surface area contributed by atoms with Gasteiger partial charge in [-0.15, -0.1) is 11.3 Å². The van der Waals surface area contributed by atoms with Crippen LogP contribution in [0.2, 0.25) is 0 Å². The summed E-state index contributed by atoms with van der Waals surface area (Å²) in [4.78, 5) is 12.9. The van der Waals surface area contributed by atoms with Crippen molar-refractivity contribution in [3.05, 3.63) is 26.9 Å². The van der Waals surface area contributed by atoms with E-state index in [4.69, 9.17) is 0 Å². The fourth-order valence-electron chi connectivity index (χ4n) is 1.52. The van der Waals surface area contributed by atoms with Crippen LogP contribution in [0.15, 0.2) is 16.2 Å². The van der Waals surface area contributed by atoms with Crippen LogP contribution < -0.4 is 10.6 Å². The molecule has 0 amide bonds. The maximum Gasteiger partial charge on any atom is 0.146 e. The Hall–Kier alpha value is -1.21. The van der Waals surface area contributed by atoms with Gasteiger partial charge in [0.15, 0.2) is 0 Å². The van der Waals surface area contributed by atoms with Crippen LogP contribution in [0.1, 0.15) is 24.0 Å². The third-order valence-corrected chi connectivity index (χ3v) is 4.01. The molecule has 0 aliphatic heterocycles. The van der Waals surface area contributed by atoms with E-state index in [0.29, 0.717) is 6.54 Å². The van der Waals surface area contributed by atoms with E-state index in [1.165, 1.54) is 0 Å². The van der Waals surface area contributed by atoms with Gasteiger partial charge in [-0.1, -0.05) is 6.92 Å². The highest BCUT2D eigenvalue weighted by molar-refractivity contribution is 9.10. The van der Waals surface area contributed by atoms with E-state index in [0.717, 1.165) is 39.8 Å². The fraction of sp³-hybridized carbons (Fsp3) is 0.417. The zero-order valence-corrected chi connectivity index (χ0v) is 13.3. The number of aromatic nitrogens is 3. The Labute approximate surface area is 125 Å². The van der Waals surface area contributed by atoms with Crippen molar-refractivity contribution in [2.75, 3.05) is 17.2 Å².